The van der Waals surface area contributed by atoms with Crippen molar-refractivity contribution in [1.29, 1.82) is 0 Å². The second-order valence-corrected chi connectivity index (χ2v) is 5.82. The molecule has 3 aromatic carbocycles. The van der Waals surface area contributed by atoms with Crippen molar-refractivity contribution in [3.63, 3.8) is 0 Å². The first-order valence-corrected chi connectivity index (χ1v) is 10.4. The van der Waals surface area contributed by atoms with E-state index in [0.29, 0.717) is 0 Å². The van der Waals surface area contributed by atoms with E-state index in [1.165, 1.54) is 22.3 Å². The predicted molar refractivity (Wildman–Crippen MR) is 124 cm³/mol. The van der Waals surface area contributed by atoms with Gasteiger partial charge in [-0.3, -0.25) is 0 Å². The molecular formula is C26H34O4. The highest BCUT2D eigenvalue weighted by Gasteiger charge is 2.26. The number of rotatable bonds is 0. The molecule has 0 atom stereocenters. The Labute approximate surface area is 180 Å². The molecule has 2 aliphatic rings. The Balaban J connectivity index is 0.000000509. The van der Waals surface area contributed by atoms with Gasteiger partial charge in [-0.1, -0.05) is 76.2 Å². The van der Waals surface area contributed by atoms with Crippen LogP contribution in [0.4, 0.5) is 0 Å². The molecule has 0 unspecified atom stereocenters. The average molecular weight is 411 g/mol. The Morgan fingerprint density at radius 2 is 0.833 bits per heavy atom. The van der Waals surface area contributed by atoms with Crippen LogP contribution in [0.25, 0.3) is 0 Å². The van der Waals surface area contributed by atoms with Crippen LogP contribution in [0.3, 0.4) is 0 Å². The average Bonchev–Trinajstić information content (AvgIpc) is 2.86. The molecule has 3 aromatic rings. The van der Waals surface area contributed by atoms with Gasteiger partial charge >= 0.3 is 0 Å². The maximum absolute atomic E-state index is 7.00. The molecule has 4 nitrogen and oxygen atoms in total. The van der Waals surface area contributed by atoms with Crippen molar-refractivity contribution < 1.29 is 19.7 Å². The van der Waals surface area contributed by atoms with Gasteiger partial charge in [0.1, 0.15) is 11.5 Å². The van der Waals surface area contributed by atoms with Gasteiger partial charge in [0.05, 0.1) is 0 Å². The van der Waals surface area contributed by atoms with E-state index < -0.39 is 0 Å². The molecule has 0 saturated heterocycles. The topological polar surface area (TPSA) is 58.9 Å². The number of fused-ring (bicyclic) bond motifs is 5. The van der Waals surface area contributed by atoms with Crippen molar-refractivity contribution in [2.75, 3.05) is 14.2 Å². The zero-order valence-electron chi connectivity index (χ0n) is 18.9. The van der Waals surface area contributed by atoms with Crippen LogP contribution in [0.15, 0.2) is 60.7 Å². The lowest BCUT2D eigenvalue weighted by Gasteiger charge is -2.27. The lowest BCUT2D eigenvalue weighted by molar-refractivity contribution is 0.395. The molecule has 2 aliphatic heterocycles. The second-order valence-electron chi connectivity index (χ2n) is 5.82. The van der Waals surface area contributed by atoms with E-state index in [-0.39, 0.29) is 0 Å². The number of para-hydroxylation sites is 2. The third-order valence-electron chi connectivity index (χ3n) is 4.41. The zero-order chi connectivity index (χ0) is 22.5. The van der Waals surface area contributed by atoms with Gasteiger partial charge in [-0.2, -0.15) is 0 Å². The molecule has 0 spiro atoms. The molecule has 4 heteroatoms. The first-order valence-electron chi connectivity index (χ1n) is 10.4. The highest BCUT2D eigenvalue weighted by molar-refractivity contribution is 5.62. The summed E-state index contributed by atoms with van der Waals surface area (Å²) in [5.41, 5.74) is 4.84. The second kappa shape index (κ2) is 13.4. The molecule has 0 aliphatic carbocycles. The van der Waals surface area contributed by atoms with Crippen molar-refractivity contribution in [3.05, 3.63) is 82.9 Å². The summed E-state index contributed by atoms with van der Waals surface area (Å²) in [5, 5.41) is 14.0. The quantitative estimate of drug-likeness (QED) is 0.312. The molecule has 0 bridgehead atoms. The molecule has 162 valence electrons. The molecule has 5 rings (SSSR count). The lowest BCUT2D eigenvalue weighted by atomic mass is 9.94. The first kappa shape index (κ1) is 25.2. The molecule has 0 amide bonds. The number of ether oxygens (including phenoxy) is 2. The van der Waals surface area contributed by atoms with Crippen molar-refractivity contribution in [2.24, 2.45) is 0 Å². The Morgan fingerprint density at radius 1 is 0.500 bits per heavy atom. The summed E-state index contributed by atoms with van der Waals surface area (Å²) < 4.78 is 12.3. The zero-order valence-corrected chi connectivity index (χ0v) is 18.9. The van der Waals surface area contributed by atoms with Crippen LogP contribution < -0.4 is 9.47 Å². The molecule has 0 radical (unpaired) electrons. The maximum atomic E-state index is 7.00. The third kappa shape index (κ3) is 5.41. The highest BCUT2D eigenvalue weighted by Crippen LogP contribution is 2.48. The fraction of sp³-hybridized carbons (Fsp3) is 0.308. The summed E-state index contributed by atoms with van der Waals surface area (Å²) >= 11 is 0. The summed E-state index contributed by atoms with van der Waals surface area (Å²) in [6.45, 7) is 8.00. The van der Waals surface area contributed by atoms with Gasteiger partial charge in [0, 0.05) is 38.2 Å². The highest BCUT2D eigenvalue weighted by atomic mass is 16.5. The molecular weight excluding hydrogens is 376 g/mol. The van der Waals surface area contributed by atoms with Gasteiger partial charge in [-0.05, 0) is 23.3 Å². The van der Waals surface area contributed by atoms with Crippen LogP contribution in [0, 0.1) is 0 Å². The first-order chi connectivity index (χ1) is 14.9. The van der Waals surface area contributed by atoms with Crippen LogP contribution in [-0.2, 0) is 12.8 Å². The summed E-state index contributed by atoms with van der Waals surface area (Å²) in [6.07, 6.45) is 1.79. The van der Waals surface area contributed by atoms with Crippen LogP contribution in [-0.4, -0.2) is 24.4 Å². The van der Waals surface area contributed by atoms with Crippen molar-refractivity contribution in [3.8, 4) is 23.0 Å². The summed E-state index contributed by atoms with van der Waals surface area (Å²) in [4.78, 5) is 0. The van der Waals surface area contributed by atoms with Gasteiger partial charge in [0.2, 0.25) is 0 Å². The van der Waals surface area contributed by atoms with E-state index in [9.17, 15) is 0 Å². The van der Waals surface area contributed by atoms with Crippen LogP contribution in [0.1, 0.15) is 49.9 Å². The van der Waals surface area contributed by atoms with Crippen LogP contribution in [0.5, 0.6) is 23.0 Å². The fourth-order valence-corrected chi connectivity index (χ4v) is 3.28. The van der Waals surface area contributed by atoms with Crippen molar-refractivity contribution in [1.82, 2.24) is 0 Å². The molecule has 2 N–H and O–H groups in total. The number of benzene rings is 3. The van der Waals surface area contributed by atoms with E-state index in [4.69, 9.17) is 19.7 Å². The Morgan fingerprint density at radius 3 is 1.20 bits per heavy atom. The van der Waals surface area contributed by atoms with Gasteiger partial charge < -0.3 is 19.7 Å². The number of hydrogen-bond donors (Lipinski definition) is 2. The monoisotopic (exact) mass is 410 g/mol. The predicted octanol–water partition coefficient (Wildman–Crippen LogP) is 6.35. The van der Waals surface area contributed by atoms with Gasteiger partial charge in [0.15, 0.2) is 11.5 Å². The van der Waals surface area contributed by atoms with E-state index in [1.54, 1.807) is 0 Å². The number of aliphatic hydroxyl groups excluding tert-OH is 2. The summed E-state index contributed by atoms with van der Waals surface area (Å²) in [6, 6.07) is 20.7. The summed E-state index contributed by atoms with van der Waals surface area (Å²) in [7, 11) is 2.00. The van der Waals surface area contributed by atoms with E-state index in [0.717, 1.165) is 50.1 Å². The van der Waals surface area contributed by atoms with Crippen LogP contribution in [0.2, 0.25) is 0 Å². The minimum absolute atomic E-state index is 0.880. The molecule has 0 fully saturated rings. The van der Waals surface area contributed by atoms with Crippen LogP contribution >= 0.6 is 0 Å². The molecule has 0 saturated carbocycles. The van der Waals surface area contributed by atoms with E-state index >= 15 is 0 Å². The Hall–Kier alpha value is -2.82. The normalized spacial score (nSPS) is 10.9. The Kier molecular flexibility index (Phi) is 11.3. The largest absolute Gasteiger partial charge is 0.453 e. The van der Waals surface area contributed by atoms with Gasteiger partial charge in [0.25, 0.3) is 0 Å². The standard InChI is InChI=1S/C20H14O2.2C2H6.2CH4O/c1-3-7-17-13(5-1)11-15-9-10-16-12-14-6-2-4-8-18(14)22-20(16)19(15)21-17;4*1-2/h1-10H,11-12H2;2*1-2H3;2*2H,1H3. The number of aliphatic hydroxyl groups is 2. The third-order valence-corrected chi connectivity index (χ3v) is 4.41. The van der Waals surface area contributed by atoms with Gasteiger partial charge in [-0.25, -0.2) is 0 Å². The maximum Gasteiger partial charge on any atom is 0.173 e. The summed E-state index contributed by atoms with van der Waals surface area (Å²) in [5.74, 6) is 3.63. The Bertz CT molecular complexity index is 829. The van der Waals surface area contributed by atoms with Crippen molar-refractivity contribution in [2.45, 2.75) is 40.5 Å². The van der Waals surface area contributed by atoms with E-state index in [2.05, 4.69) is 36.4 Å². The lowest BCUT2D eigenvalue weighted by Crippen LogP contribution is -2.09. The van der Waals surface area contributed by atoms with Gasteiger partial charge in [-0.15, -0.1) is 0 Å². The van der Waals surface area contributed by atoms with Crippen molar-refractivity contribution >= 4 is 0 Å². The van der Waals surface area contributed by atoms with E-state index in [1.807, 2.05) is 52.0 Å². The minimum atomic E-state index is 0.880. The molecule has 30 heavy (non-hydrogen) atoms. The molecule has 2 heterocycles. The fourth-order valence-electron chi connectivity index (χ4n) is 3.28. The molecule has 0 aromatic heterocycles. The number of hydrogen-bond acceptors (Lipinski definition) is 4. The smallest absolute Gasteiger partial charge is 0.173 e. The SMILES string of the molecule is CC.CC.CO.CO.c1ccc2c(c1)Cc1ccc3c(c1O2)Oc1ccccc1C3. The minimum Gasteiger partial charge on any atom is -0.453 e.